The number of benzene rings is 1. The zero-order valence-electron chi connectivity index (χ0n) is 15.3. The predicted molar refractivity (Wildman–Crippen MR) is 94.0 cm³/mol. The summed E-state index contributed by atoms with van der Waals surface area (Å²) >= 11 is 0. The maximum absolute atomic E-state index is 13.8. The molecule has 2 unspecified atom stereocenters. The molecule has 2 atom stereocenters. The maximum Gasteiger partial charge on any atom is 0.404 e. The molecule has 0 fully saturated rings. The number of hydrogen-bond donors (Lipinski definition) is 3. The van der Waals surface area contributed by atoms with E-state index in [4.69, 9.17) is 9.53 Å². The minimum absolute atomic E-state index is 0.0458. The highest BCUT2D eigenvalue weighted by molar-refractivity contribution is 6.74. The van der Waals surface area contributed by atoms with Crippen LogP contribution in [-0.4, -0.2) is 37.3 Å². The van der Waals surface area contributed by atoms with Crippen LogP contribution >= 0.6 is 0 Å². The van der Waals surface area contributed by atoms with Crippen LogP contribution in [0.15, 0.2) is 18.2 Å². The second kappa shape index (κ2) is 8.24. The molecule has 8 heteroatoms. The van der Waals surface area contributed by atoms with Crippen LogP contribution in [0.3, 0.4) is 0 Å². The Morgan fingerprint density at radius 2 is 1.92 bits per heavy atom. The Kier molecular flexibility index (Phi) is 7.10. The van der Waals surface area contributed by atoms with Crippen LogP contribution in [0, 0.1) is 11.6 Å². The van der Waals surface area contributed by atoms with E-state index >= 15 is 0 Å². The van der Waals surface area contributed by atoms with Crippen molar-refractivity contribution in [2.45, 2.75) is 57.5 Å². The number of carboxylic acid groups (broad SMARTS) is 1. The molecule has 0 saturated carbocycles. The number of aliphatic hydroxyl groups is 1. The van der Waals surface area contributed by atoms with Gasteiger partial charge in [0.25, 0.3) is 0 Å². The van der Waals surface area contributed by atoms with Crippen LogP contribution < -0.4 is 5.32 Å². The SMILES string of the molecule is CC(C)(C)[Si](C)(C)OC(CNC(=O)O)CC(O)c1cc(F)ccc1F. The quantitative estimate of drug-likeness (QED) is 0.628. The summed E-state index contributed by atoms with van der Waals surface area (Å²) < 4.78 is 33.3. The van der Waals surface area contributed by atoms with Crippen molar-refractivity contribution in [1.82, 2.24) is 5.32 Å². The first-order chi connectivity index (χ1) is 11.3. The number of aliphatic hydroxyl groups excluding tert-OH is 1. The molecule has 0 bridgehead atoms. The molecule has 1 aromatic rings. The Bertz CT molecular complexity index is 605. The van der Waals surface area contributed by atoms with Gasteiger partial charge in [-0.25, -0.2) is 13.6 Å². The van der Waals surface area contributed by atoms with Gasteiger partial charge >= 0.3 is 6.09 Å². The summed E-state index contributed by atoms with van der Waals surface area (Å²) in [7, 11) is -2.24. The van der Waals surface area contributed by atoms with Crippen LogP contribution in [0.25, 0.3) is 0 Å². The van der Waals surface area contributed by atoms with Gasteiger partial charge < -0.3 is 20.0 Å². The van der Waals surface area contributed by atoms with Crippen molar-refractivity contribution in [3.05, 3.63) is 35.4 Å². The van der Waals surface area contributed by atoms with Crippen molar-refractivity contribution in [2.75, 3.05) is 6.54 Å². The average molecular weight is 375 g/mol. The second-order valence-corrected chi connectivity index (χ2v) is 12.4. The Balaban J connectivity index is 2.96. The van der Waals surface area contributed by atoms with Crippen molar-refractivity contribution >= 4 is 14.4 Å². The molecule has 25 heavy (non-hydrogen) atoms. The van der Waals surface area contributed by atoms with Crippen LogP contribution in [0.2, 0.25) is 18.1 Å². The minimum atomic E-state index is -2.24. The number of hydrogen-bond acceptors (Lipinski definition) is 3. The summed E-state index contributed by atoms with van der Waals surface area (Å²) in [5.41, 5.74) is -0.167. The van der Waals surface area contributed by atoms with Gasteiger partial charge in [-0.05, 0) is 36.3 Å². The fraction of sp³-hybridized carbons (Fsp3) is 0.588. The lowest BCUT2D eigenvalue weighted by Crippen LogP contribution is -2.47. The van der Waals surface area contributed by atoms with Gasteiger partial charge in [-0.15, -0.1) is 0 Å². The lowest BCUT2D eigenvalue weighted by Gasteiger charge is -2.39. The Labute approximate surface area is 148 Å². The topological polar surface area (TPSA) is 78.8 Å². The van der Waals surface area contributed by atoms with E-state index < -0.39 is 38.3 Å². The van der Waals surface area contributed by atoms with Crippen LogP contribution in [0.1, 0.15) is 38.9 Å². The highest BCUT2D eigenvalue weighted by Crippen LogP contribution is 2.38. The second-order valence-electron chi connectivity index (χ2n) is 7.60. The molecule has 0 spiro atoms. The number of rotatable bonds is 7. The standard InChI is InChI=1S/C17H27F2NO4Si/c1-17(2,3)25(4,5)24-12(10-20-16(22)23)9-15(21)13-8-11(18)6-7-14(13)19/h6-8,12,15,20-21H,9-10H2,1-5H3,(H,22,23). The number of carbonyl (C=O) groups is 1. The van der Waals surface area contributed by atoms with E-state index in [1.54, 1.807) is 0 Å². The smallest absolute Gasteiger partial charge is 0.404 e. The maximum atomic E-state index is 13.8. The van der Waals surface area contributed by atoms with E-state index in [0.29, 0.717) is 0 Å². The summed E-state index contributed by atoms with van der Waals surface area (Å²) in [6, 6.07) is 2.86. The Hall–Kier alpha value is -1.51. The molecule has 0 aliphatic carbocycles. The zero-order chi connectivity index (χ0) is 19.4. The fourth-order valence-electron chi connectivity index (χ4n) is 2.11. The van der Waals surface area contributed by atoms with Crippen molar-refractivity contribution < 1.29 is 28.2 Å². The zero-order valence-corrected chi connectivity index (χ0v) is 16.3. The molecule has 0 saturated heterocycles. The Morgan fingerprint density at radius 3 is 2.44 bits per heavy atom. The lowest BCUT2D eigenvalue weighted by atomic mass is 10.0. The number of amides is 1. The average Bonchev–Trinajstić information content (AvgIpc) is 2.45. The summed E-state index contributed by atoms with van der Waals surface area (Å²) in [6.07, 6.45) is -3.22. The molecule has 0 heterocycles. The van der Waals surface area contributed by atoms with Gasteiger partial charge in [0.15, 0.2) is 8.32 Å². The first-order valence-electron chi connectivity index (χ1n) is 8.11. The molecule has 142 valence electrons. The third-order valence-corrected chi connectivity index (χ3v) is 9.09. The molecular weight excluding hydrogens is 348 g/mol. The molecule has 0 aliphatic rings. The van der Waals surface area contributed by atoms with Crippen molar-refractivity contribution in [1.29, 1.82) is 0 Å². The fourth-order valence-corrected chi connectivity index (χ4v) is 3.48. The normalized spacial score (nSPS) is 14.9. The lowest BCUT2D eigenvalue weighted by molar-refractivity contribution is 0.0826. The molecule has 0 radical (unpaired) electrons. The van der Waals surface area contributed by atoms with Gasteiger partial charge in [0.1, 0.15) is 11.6 Å². The minimum Gasteiger partial charge on any atom is -0.465 e. The summed E-state index contributed by atoms with van der Waals surface area (Å²) in [4.78, 5) is 10.8. The molecule has 5 nitrogen and oxygen atoms in total. The van der Waals surface area contributed by atoms with Gasteiger partial charge in [0.2, 0.25) is 0 Å². The summed E-state index contributed by atoms with van der Waals surface area (Å²) in [5, 5.41) is 21.3. The van der Waals surface area contributed by atoms with E-state index in [2.05, 4.69) is 5.32 Å². The molecular formula is C17H27F2NO4Si. The van der Waals surface area contributed by atoms with Crippen LogP contribution in [0.5, 0.6) is 0 Å². The molecule has 0 aliphatic heterocycles. The molecule has 1 aromatic carbocycles. The predicted octanol–water partition coefficient (Wildman–Crippen LogP) is 4.05. The van der Waals surface area contributed by atoms with Gasteiger partial charge in [0, 0.05) is 18.5 Å². The van der Waals surface area contributed by atoms with Gasteiger partial charge in [0.05, 0.1) is 12.2 Å². The monoisotopic (exact) mass is 375 g/mol. The highest BCUT2D eigenvalue weighted by Gasteiger charge is 2.39. The van der Waals surface area contributed by atoms with E-state index in [1.165, 1.54) is 0 Å². The summed E-state index contributed by atoms with van der Waals surface area (Å²) in [5.74, 6) is -1.37. The third-order valence-electron chi connectivity index (χ3n) is 4.55. The molecule has 1 amide bonds. The van der Waals surface area contributed by atoms with Crippen LogP contribution in [-0.2, 0) is 4.43 Å². The van der Waals surface area contributed by atoms with E-state index in [0.717, 1.165) is 18.2 Å². The molecule has 3 N–H and O–H groups in total. The largest absolute Gasteiger partial charge is 0.465 e. The third kappa shape index (κ3) is 6.37. The van der Waals surface area contributed by atoms with E-state index in [9.17, 15) is 18.7 Å². The molecule has 0 aromatic heterocycles. The first-order valence-corrected chi connectivity index (χ1v) is 11.0. The van der Waals surface area contributed by atoms with Gasteiger partial charge in [-0.2, -0.15) is 0 Å². The number of halogens is 2. The van der Waals surface area contributed by atoms with Crippen molar-refractivity contribution in [3.8, 4) is 0 Å². The number of nitrogens with one attached hydrogen (secondary N) is 1. The van der Waals surface area contributed by atoms with Crippen LogP contribution in [0.4, 0.5) is 13.6 Å². The highest BCUT2D eigenvalue weighted by atomic mass is 28.4. The van der Waals surface area contributed by atoms with Crippen molar-refractivity contribution in [3.63, 3.8) is 0 Å². The van der Waals surface area contributed by atoms with Crippen molar-refractivity contribution in [2.24, 2.45) is 0 Å². The van der Waals surface area contributed by atoms with E-state index in [-0.39, 0.29) is 23.6 Å². The molecule has 1 rings (SSSR count). The van der Waals surface area contributed by atoms with E-state index in [1.807, 2.05) is 33.9 Å². The Morgan fingerprint density at radius 1 is 1.32 bits per heavy atom. The summed E-state index contributed by atoms with van der Waals surface area (Å²) in [6.45, 7) is 10.0. The first kappa shape index (κ1) is 21.5. The van der Waals surface area contributed by atoms with Gasteiger partial charge in [-0.3, -0.25) is 0 Å². The van der Waals surface area contributed by atoms with Gasteiger partial charge in [-0.1, -0.05) is 20.8 Å².